The summed E-state index contributed by atoms with van der Waals surface area (Å²) >= 11 is 0. The fourth-order valence-electron chi connectivity index (χ4n) is 1.34. The molecule has 0 spiro atoms. The maximum absolute atomic E-state index is 10.8. The maximum Gasteiger partial charge on any atom is 0.142 e. The zero-order valence-corrected chi connectivity index (χ0v) is 10.1. The van der Waals surface area contributed by atoms with Crippen molar-refractivity contribution in [3.63, 3.8) is 0 Å². The molecular formula is C13H19NO2. The minimum absolute atomic E-state index is 0.149. The second-order valence-corrected chi connectivity index (χ2v) is 4.04. The van der Waals surface area contributed by atoms with Crippen LogP contribution in [0.3, 0.4) is 0 Å². The summed E-state index contributed by atoms with van der Waals surface area (Å²) < 4.78 is 5.66. The highest BCUT2D eigenvalue weighted by Crippen LogP contribution is 2.24. The number of benzene rings is 1. The lowest BCUT2D eigenvalue weighted by atomic mass is 10.2. The number of para-hydroxylation sites is 2. The Morgan fingerprint density at radius 1 is 1.38 bits per heavy atom. The average Bonchev–Trinajstić information content (AvgIpc) is 2.19. The standard InChI is InChI=1S/C13H19NO2/c1-10(2)16-13-7-5-4-6-12(13)14-9-8-11(3)15/h4-7,10,14H,8-9H2,1-3H3. The molecule has 0 aliphatic carbocycles. The third kappa shape index (κ3) is 4.34. The number of rotatable bonds is 6. The van der Waals surface area contributed by atoms with E-state index in [0.29, 0.717) is 13.0 Å². The molecule has 0 amide bonds. The zero-order valence-electron chi connectivity index (χ0n) is 10.1. The van der Waals surface area contributed by atoms with Crippen LogP contribution in [0.4, 0.5) is 5.69 Å². The number of hydrogen-bond donors (Lipinski definition) is 1. The van der Waals surface area contributed by atoms with E-state index in [0.717, 1.165) is 11.4 Å². The van der Waals surface area contributed by atoms with Crippen molar-refractivity contribution >= 4 is 11.5 Å². The van der Waals surface area contributed by atoms with E-state index in [1.54, 1.807) is 6.92 Å². The summed E-state index contributed by atoms with van der Waals surface area (Å²) in [6.45, 7) is 6.23. The van der Waals surface area contributed by atoms with Gasteiger partial charge >= 0.3 is 0 Å². The van der Waals surface area contributed by atoms with Crippen LogP contribution in [0, 0.1) is 0 Å². The van der Waals surface area contributed by atoms with Crippen LogP contribution in [0.2, 0.25) is 0 Å². The highest BCUT2D eigenvalue weighted by atomic mass is 16.5. The quantitative estimate of drug-likeness (QED) is 0.802. The number of hydrogen-bond acceptors (Lipinski definition) is 3. The molecule has 0 heterocycles. The fraction of sp³-hybridized carbons (Fsp3) is 0.462. The molecule has 0 aliphatic heterocycles. The van der Waals surface area contributed by atoms with Gasteiger partial charge in [-0.05, 0) is 32.9 Å². The van der Waals surface area contributed by atoms with Gasteiger partial charge in [-0.2, -0.15) is 0 Å². The number of Topliss-reactive ketones (excluding diaryl/α,β-unsaturated/α-hetero) is 1. The van der Waals surface area contributed by atoms with Crippen LogP contribution in [-0.2, 0) is 4.79 Å². The molecule has 0 aliphatic rings. The SMILES string of the molecule is CC(=O)CCNc1ccccc1OC(C)C. The van der Waals surface area contributed by atoms with E-state index >= 15 is 0 Å². The first-order chi connectivity index (χ1) is 7.59. The second kappa shape index (κ2) is 6.16. The van der Waals surface area contributed by atoms with Crippen molar-refractivity contribution in [1.29, 1.82) is 0 Å². The summed E-state index contributed by atoms with van der Waals surface area (Å²) in [6, 6.07) is 7.77. The minimum atomic E-state index is 0.149. The number of ketones is 1. The van der Waals surface area contributed by atoms with Gasteiger partial charge in [0.25, 0.3) is 0 Å². The van der Waals surface area contributed by atoms with Crippen molar-refractivity contribution in [3.05, 3.63) is 24.3 Å². The number of carbonyl (C=O) groups is 1. The van der Waals surface area contributed by atoms with Crippen molar-refractivity contribution in [2.75, 3.05) is 11.9 Å². The summed E-state index contributed by atoms with van der Waals surface area (Å²) in [5.41, 5.74) is 0.942. The van der Waals surface area contributed by atoms with E-state index in [-0.39, 0.29) is 11.9 Å². The second-order valence-electron chi connectivity index (χ2n) is 4.04. The molecule has 0 bridgehead atoms. The Hall–Kier alpha value is -1.51. The van der Waals surface area contributed by atoms with Gasteiger partial charge in [0.2, 0.25) is 0 Å². The first kappa shape index (κ1) is 12.6. The molecule has 88 valence electrons. The van der Waals surface area contributed by atoms with Crippen LogP contribution in [0.5, 0.6) is 5.75 Å². The Kier molecular flexibility index (Phi) is 4.83. The molecule has 0 unspecified atom stereocenters. The number of carbonyl (C=O) groups excluding carboxylic acids is 1. The maximum atomic E-state index is 10.8. The Bertz CT molecular complexity index is 348. The smallest absolute Gasteiger partial charge is 0.142 e. The van der Waals surface area contributed by atoms with Crippen LogP contribution in [0.25, 0.3) is 0 Å². The van der Waals surface area contributed by atoms with Crippen LogP contribution in [0.1, 0.15) is 27.2 Å². The molecule has 0 saturated carbocycles. The lowest BCUT2D eigenvalue weighted by Gasteiger charge is -2.15. The third-order valence-electron chi connectivity index (χ3n) is 2.04. The monoisotopic (exact) mass is 221 g/mol. The van der Waals surface area contributed by atoms with Gasteiger partial charge in [0.1, 0.15) is 11.5 Å². The Balaban J connectivity index is 2.60. The topological polar surface area (TPSA) is 38.3 Å². The molecule has 1 rings (SSSR count). The molecule has 1 aromatic carbocycles. The van der Waals surface area contributed by atoms with E-state index < -0.39 is 0 Å². The molecule has 16 heavy (non-hydrogen) atoms. The predicted molar refractivity (Wildman–Crippen MR) is 66.0 cm³/mol. The van der Waals surface area contributed by atoms with Gasteiger partial charge < -0.3 is 10.1 Å². The van der Waals surface area contributed by atoms with Crippen molar-refractivity contribution < 1.29 is 9.53 Å². The van der Waals surface area contributed by atoms with E-state index in [1.807, 2.05) is 38.1 Å². The van der Waals surface area contributed by atoms with Gasteiger partial charge in [0.15, 0.2) is 0 Å². The summed E-state index contributed by atoms with van der Waals surface area (Å²) in [4.78, 5) is 10.8. The molecule has 1 aromatic rings. The van der Waals surface area contributed by atoms with Gasteiger partial charge in [0, 0.05) is 13.0 Å². The Labute approximate surface area is 96.8 Å². The molecule has 0 aromatic heterocycles. The van der Waals surface area contributed by atoms with Crippen molar-refractivity contribution in [2.24, 2.45) is 0 Å². The van der Waals surface area contributed by atoms with Gasteiger partial charge in [-0.25, -0.2) is 0 Å². The first-order valence-electron chi connectivity index (χ1n) is 5.58. The van der Waals surface area contributed by atoms with Crippen LogP contribution >= 0.6 is 0 Å². The molecule has 1 N–H and O–H groups in total. The summed E-state index contributed by atoms with van der Waals surface area (Å²) in [6.07, 6.45) is 0.687. The molecule has 3 heteroatoms. The largest absolute Gasteiger partial charge is 0.489 e. The van der Waals surface area contributed by atoms with Crippen molar-refractivity contribution in [3.8, 4) is 5.75 Å². The van der Waals surface area contributed by atoms with Gasteiger partial charge in [-0.3, -0.25) is 4.79 Å². The number of nitrogens with one attached hydrogen (secondary N) is 1. The highest BCUT2D eigenvalue weighted by Gasteiger charge is 2.04. The number of ether oxygens (including phenoxy) is 1. The highest BCUT2D eigenvalue weighted by molar-refractivity contribution is 5.76. The van der Waals surface area contributed by atoms with E-state index in [9.17, 15) is 4.79 Å². The first-order valence-corrected chi connectivity index (χ1v) is 5.58. The molecule has 0 radical (unpaired) electrons. The molecule has 3 nitrogen and oxygen atoms in total. The molecular weight excluding hydrogens is 202 g/mol. The lowest BCUT2D eigenvalue weighted by Crippen LogP contribution is -2.10. The van der Waals surface area contributed by atoms with Crippen LogP contribution in [0.15, 0.2) is 24.3 Å². The average molecular weight is 221 g/mol. The van der Waals surface area contributed by atoms with Gasteiger partial charge in [-0.1, -0.05) is 12.1 Å². The Morgan fingerprint density at radius 3 is 2.69 bits per heavy atom. The molecule has 0 fully saturated rings. The number of anilines is 1. The summed E-state index contributed by atoms with van der Waals surface area (Å²) in [5.74, 6) is 1.02. The molecule has 0 atom stereocenters. The van der Waals surface area contributed by atoms with Gasteiger partial charge in [-0.15, -0.1) is 0 Å². The van der Waals surface area contributed by atoms with E-state index in [4.69, 9.17) is 4.74 Å². The van der Waals surface area contributed by atoms with Crippen LogP contribution in [-0.4, -0.2) is 18.4 Å². The summed E-state index contributed by atoms with van der Waals surface area (Å²) in [7, 11) is 0. The van der Waals surface area contributed by atoms with Crippen molar-refractivity contribution in [1.82, 2.24) is 0 Å². The summed E-state index contributed by atoms with van der Waals surface area (Å²) in [5, 5.41) is 3.20. The zero-order chi connectivity index (χ0) is 12.0. The minimum Gasteiger partial charge on any atom is -0.489 e. The third-order valence-corrected chi connectivity index (χ3v) is 2.04. The normalized spacial score (nSPS) is 10.2. The fourth-order valence-corrected chi connectivity index (χ4v) is 1.34. The van der Waals surface area contributed by atoms with E-state index in [2.05, 4.69) is 5.32 Å². The molecule has 0 saturated heterocycles. The predicted octanol–water partition coefficient (Wildman–Crippen LogP) is 2.86. The van der Waals surface area contributed by atoms with Gasteiger partial charge in [0.05, 0.1) is 11.8 Å². The van der Waals surface area contributed by atoms with Crippen molar-refractivity contribution in [2.45, 2.75) is 33.3 Å². The Morgan fingerprint density at radius 2 is 2.06 bits per heavy atom. The lowest BCUT2D eigenvalue weighted by molar-refractivity contribution is -0.116. The van der Waals surface area contributed by atoms with Crippen LogP contribution < -0.4 is 10.1 Å². The van der Waals surface area contributed by atoms with E-state index in [1.165, 1.54) is 0 Å².